The van der Waals surface area contributed by atoms with Crippen molar-refractivity contribution in [2.45, 2.75) is 25.5 Å². The molecule has 0 spiro atoms. The number of nitrogens with two attached hydrogens (primary N) is 1. The van der Waals surface area contributed by atoms with E-state index in [9.17, 15) is 4.79 Å². The Hall–Kier alpha value is -1.20. The molecule has 0 bridgehead atoms. The first-order valence-corrected chi connectivity index (χ1v) is 7.42. The van der Waals surface area contributed by atoms with Gasteiger partial charge in [-0.2, -0.15) is 11.8 Å². The number of carbonyl (C=O) groups is 1. The highest BCUT2D eigenvalue weighted by molar-refractivity contribution is 8.00. The topological polar surface area (TPSA) is 58.4 Å². The van der Waals surface area contributed by atoms with E-state index in [0.29, 0.717) is 0 Å². The van der Waals surface area contributed by atoms with Crippen LogP contribution in [-0.2, 0) is 0 Å². The number of thioether (sulfide) groups is 1. The number of hydrazine groups is 1. The lowest BCUT2D eigenvalue weighted by molar-refractivity contribution is 0.0748. The second kappa shape index (κ2) is 5.43. The number of rotatable bonds is 2. The Morgan fingerprint density at radius 3 is 2.79 bits per heavy atom. The molecule has 5 heteroatoms. The molecule has 19 heavy (non-hydrogen) atoms. The van der Waals surface area contributed by atoms with Crippen molar-refractivity contribution in [1.82, 2.24) is 4.90 Å². The first-order valence-electron chi connectivity index (χ1n) is 6.43. The highest BCUT2D eigenvalue weighted by Crippen LogP contribution is 2.30. The van der Waals surface area contributed by atoms with Crippen molar-refractivity contribution >= 4 is 23.4 Å². The van der Waals surface area contributed by atoms with Crippen LogP contribution < -0.4 is 11.3 Å². The second-order valence-corrected chi connectivity index (χ2v) is 7.31. The van der Waals surface area contributed by atoms with E-state index in [1.807, 2.05) is 41.8 Å². The molecule has 1 fully saturated rings. The Balaban J connectivity index is 2.17. The fourth-order valence-electron chi connectivity index (χ4n) is 2.33. The van der Waals surface area contributed by atoms with Crippen LogP contribution in [0, 0.1) is 6.92 Å². The number of benzene rings is 1. The standard InChI is InChI=1S/C14H21N3OS/c1-10-8-11(4-5-12(10)16-15)13(18)17-6-7-19-14(2,3)9-17/h4-5,8,16H,6-7,9,15H2,1-3H3. The van der Waals surface area contributed by atoms with Gasteiger partial charge in [0.15, 0.2) is 0 Å². The van der Waals surface area contributed by atoms with Gasteiger partial charge in [0.2, 0.25) is 0 Å². The Kier molecular flexibility index (Phi) is 4.06. The summed E-state index contributed by atoms with van der Waals surface area (Å²) in [6, 6.07) is 5.58. The van der Waals surface area contributed by atoms with Crippen LogP contribution in [0.15, 0.2) is 18.2 Å². The van der Waals surface area contributed by atoms with E-state index < -0.39 is 0 Å². The van der Waals surface area contributed by atoms with Gasteiger partial charge in [0.25, 0.3) is 5.91 Å². The lowest BCUT2D eigenvalue weighted by Gasteiger charge is -2.37. The van der Waals surface area contributed by atoms with Crippen molar-refractivity contribution in [3.05, 3.63) is 29.3 Å². The van der Waals surface area contributed by atoms with Gasteiger partial charge in [-0.15, -0.1) is 0 Å². The summed E-state index contributed by atoms with van der Waals surface area (Å²) in [6.07, 6.45) is 0. The van der Waals surface area contributed by atoms with Gasteiger partial charge in [0.05, 0.1) is 5.69 Å². The quantitative estimate of drug-likeness (QED) is 0.644. The molecule has 2 rings (SSSR count). The maximum absolute atomic E-state index is 12.5. The Morgan fingerprint density at radius 1 is 1.47 bits per heavy atom. The fourth-order valence-corrected chi connectivity index (χ4v) is 3.44. The van der Waals surface area contributed by atoms with Crippen molar-refractivity contribution in [2.75, 3.05) is 24.3 Å². The maximum atomic E-state index is 12.5. The lowest BCUT2D eigenvalue weighted by Crippen LogP contribution is -2.46. The highest BCUT2D eigenvalue weighted by Gasteiger charge is 2.30. The highest BCUT2D eigenvalue weighted by atomic mass is 32.2. The maximum Gasteiger partial charge on any atom is 0.253 e. The van der Waals surface area contributed by atoms with Crippen LogP contribution in [0.4, 0.5) is 5.69 Å². The summed E-state index contributed by atoms with van der Waals surface area (Å²) >= 11 is 1.93. The van der Waals surface area contributed by atoms with Crippen LogP contribution in [0.2, 0.25) is 0 Å². The molecule has 104 valence electrons. The van der Waals surface area contributed by atoms with Gasteiger partial charge in [-0.25, -0.2) is 0 Å². The number of aryl methyl sites for hydroxylation is 1. The van der Waals surface area contributed by atoms with E-state index in [1.54, 1.807) is 0 Å². The van der Waals surface area contributed by atoms with E-state index in [2.05, 4.69) is 19.3 Å². The molecule has 1 aromatic rings. The molecule has 0 aliphatic carbocycles. The summed E-state index contributed by atoms with van der Waals surface area (Å²) in [5.41, 5.74) is 5.20. The molecule has 0 aromatic heterocycles. The number of nitrogens with one attached hydrogen (secondary N) is 1. The minimum absolute atomic E-state index is 0.111. The van der Waals surface area contributed by atoms with Crippen LogP contribution in [0.5, 0.6) is 0 Å². The molecule has 0 saturated carbocycles. The molecule has 4 nitrogen and oxygen atoms in total. The molecule has 1 amide bonds. The molecule has 0 unspecified atom stereocenters. The third-order valence-electron chi connectivity index (χ3n) is 3.34. The monoisotopic (exact) mass is 279 g/mol. The Bertz CT molecular complexity index is 488. The largest absolute Gasteiger partial charge is 0.336 e. The molecule has 1 saturated heterocycles. The van der Waals surface area contributed by atoms with Crippen LogP contribution in [0.3, 0.4) is 0 Å². The first-order chi connectivity index (χ1) is 8.93. The van der Waals surface area contributed by atoms with Gasteiger partial charge in [-0.05, 0) is 44.5 Å². The number of anilines is 1. The van der Waals surface area contributed by atoms with Crippen molar-refractivity contribution in [2.24, 2.45) is 5.84 Å². The van der Waals surface area contributed by atoms with Crippen LogP contribution >= 0.6 is 11.8 Å². The summed E-state index contributed by atoms with van der Waals surface area (Å²) in [5.74, 6) is 6.52. The van der Waals surface area contributed by atoms with Gasteiger partial charge in [0, 0.05) is 29.2 Å². The van der Waals surface area contributed by atoms with Gasteiger partial charge in [-0.3, -0.25) is 10.6 Å². The third-order valence-corrected chi connectivity index (χ3v) is 4.64. The predicted octanol–water partition coefficient (Wildman–Crippen LogP) is 2.25. The molecular weight excluding hydrogens is 258 g/mol. The molecule has 1 heterocycles. The summed E-state index contributed by atoms with van der Waals surface area (Å²) in [4.78, 5) is 14.4. The second-order valence-electron chi connectivity index (χ2n) is 5.51. The number of amides is 1. The van der Waals surface area contributed by atoms with E-state index in [4.69, 9.17) is 5.84 Å². The number of nitrogen functional groups attached to an aromatic ring is 1. The van der Waals surface area contributed by atoms with E-state index in [-0.39, 0.29) is 10.7 Å². The van der Waals surface area contributed by atoms with Crippen LogP contribution in [0.25, 0.3) is 0 Å². The SMILES string of the molecule is Cc1cc(C(=O)N2CCSC(C)(C)C2)ccc1NN. The molecule has 0 radical (unpaired) electrons. The van der Waals surface area contributed by atoms with Crippen LogP contribution in [0.1, 0.15) is 29.8 Å². The summed E-state index contributed by atoms with van der Waals surface area (Å²) in [5, 5.41) is 0. The van der Waals surface area contributed by atoms with Crippen molar-refractivity contribution in [3.8, 4) is 0 Å². The van der Waals surface area contributed by atoms with E-state index in [0.717, 1.165) is 35.7 Å². The number of hydrogen-bond donors (Lipinski definition) is 2. The Morgan fingerprint density at radius 2 is 2.21 bits per heavy atom. The average Bonchev–Trinajstić information content (AvgIpc) is 2.36. The zero-order valence-electron chi connectivity index (χ0n) is 11.7. The third kappa shape index (κ3) is 3.22. The summed E-state index contributed by atoms with van der Waals surface area (Å²) in [6.45, 7) is 7.94. The molecule has 3 N–H and O–H groups in total. The van der Waals surface area contributed by atoms with Crippen molar-refractivity contribution in [1.29, 1.82) is 0 Å². The van der Waals surface area contributed by atoms with Gasteiger partial charge < -0.3 is 10.3 Å². The molecule has 1 aliphatic rings. The molecule has 1 aliphatic heterocycles. The number of carbonyl (C=O) groups excluding carboxylic acids is 1. The van der Waals surface area contributed by atoms with E-state index in [1.165, 1.54) is 0 Å². The Labute approximate surface area is 118 Å². The smallest absolute Gasteiger partial charge is 0.253 e. The fraction of sp³-hybridized carbons (Fsp3) is 0.500. The summed E-state index contributed by atoms with van der Waals surface area (Å²) < 4.78 is 0.141. The predicted molar refractivity (Wildman–Crippen MR) is 81.4 cm³/mol. The summed E-state index contributed by atoms with van der Waals surface area (Å²) in [7, 11) is 0. The minimum atomic E-state index is 0.111. The zero-order chi connectivity index (χ0) is 14.0. The minimum Gasteiger partial charge on any atom is -0.336 e. The van der Waals surface area contributed by atoms with Crippen LogP contribution in [-0.4, -0.2) is 34.4 Å². The van der Waals surface area contributed by atoms with Gasteiger partial charge in [0.1, 0.15) is 0 Å². The van der Waals surface area contributed by atoms with Gasteiger partial charge in [-0.1, -0.05) is 0 Å². The van der Waals surface area contributed by atoms with E-state index >= 15 is 0 Å². The average molecular weight is 279 g/mol. The lowest BCUT2D eigenvalue weighted by atomic mass is 10.1. The molecule has 0 atom stereocenters. The molecular formula is C14H21N3OS. The zero-order valence-corrected chi connectivity index (χ0v) is 12.5. The normalized spacial score (nSPS) is 18.2. The first kappa shape index (κ1) is 14.2. The van der Waals surface area contributed by atoms with Crippen molar-refractivity contribution in [3.63, 3.8) is 0 Å². The number of hydrogen-bond acceptors (Lipinski definition) is 4. The molecule has 1 aromatic carbocycles. The van der Waals surface area contributed by atoms with Crippen molar-refractivity contribution < 1.29 is 4.79 Å². The van der Waals surface area contributed by atoms with Gasteiger partial charge >= 0.3 is 0 Å². The number of nitrogens with zero attached hydrogens (tertiary/aromatic N) is 1.